The molecule has 4 heteroatoms. The Hall–Kier alpha value is -1.26. The highest BCUT2D eigenvalue weighted by molar-refractivity contribution is 5.60. The fourth-order valence-electron chi connectivity index (χ4n) is 2.15. The number of aliphatic hydroxyl groups is 1. The first-order valence-electron chi connectivity index (χ1n) is 6.91. The van der Waals surface area contributed by atoms with E-state index < -0.39 is 0 Å². The molecule has 0 spiro atoms. The number of fused-ring (bicyclic) bond motifs is 1. The molecule has 1 unspecified atom stereocenters. The average Bonchev–Trinajstić information content (AvgIpc) is 2.33. The van der Waals surface area contributed by atoms with Crippen LogP contribution in [0.25, 0.3) is 0 Å². The van der Waals surface area contributed by atoms with Crippen LogP contribution in [0.3, 0.4) is 0 Å². The van der Waals surface area contributed by atoms with Crippen molar-refractivity contribution in [3.8, 4) is 5.75 Å². The molecule has 0 bridgehead atoms. The number of anilines is 1. The quantitative estimate of drug-likeness (QED) is 0.710. The van der Waals surface area contributed by atoms with E-state index in [-0.39, 0.29) is 11.7 Å². The maximum atomic E-state index is 9.17. The van der Waals surface area contributed by atoms with E-state index in [1.54, 1.807) is 6.92 Å². The molecule has 1 aromatic rings. The van der Waals surface area contributed by atoms with E-state index in [0.717, 1.165) is 30.9 Å². The minimum Gasteiger partial charge on any atom is -0.484 e. The van der Waals surface area contributed by atoms with Gasteiger partial charge in [-0.25, -0.2) is 0 Å². The van der Waals surface area contributed by atoms with Gasteiger partial charge in [-0.2, -0.15) is 0 Å². The van der Waals surface area contributed by atoms with Crippen molar-refractivity contribution in [2.24, 2.45) is 0 Å². The van der Waals surface area contributed by atoms with Gasteiger partial charge < -0.3 is 20.5 Å². The average molecular weight is 264 g/mol. The summed E-state index contributed by atoms with van der Waals surface area (Å²) in [6.45, 7) is 8.28. The molecule has 3 N–H and O–H groups in total. The number of aliphatic hydroxyl groups excluding tert-OH is 1. The molecule has 1 aromatic carbocycles. The van der Waals surface area contributed by atoms with Crippen molar-refractivity contribution in [3.05, 3.63) is 23.8 Å². The van der Waals surface area contributed by atoms with Crippen molar-refractivity contribution in [2.45, 2.75) is 38.9 Å². The largest absolute Gasteiger partial charge is 0.484 e. The van der Waals surface area contributed by atoms with Crippen LogP contribution in [0.1, 0.15) is 26.3 Å². The van der Waals surface area contributed by atoms with Gasteiger partial charge in [0.25, 0.3) is 0 Å². The molecule has 1 aliphatic rings. The summed E-state index contributed by atoms with van der Waals surface area (Å²) in [5, 5.41) is 15.8. The van der Waals surface area contributed by atoms with E-state index in [4.69, 9.17) is 9.84 Å². The first kappa shape index (κ1) is 14.2. The molecule has 0 aromatic heterocycles. The predicted octanol–water partition coefficient (Wildman–Crippen LogP) is 1.78. The lowest BCUT2D eigenvalue weighted by Crippen LogP contribution is -2.40. The van der Waals surface area contributed by atoms with Gasteiger partial charge in [0.05, 0.1) is 18.3 Å². The summed E-state index contributed by atoms with van der Waals surface area (Å²) in [7, 11) is 0. The lowest BCUT2D eigenvalue weighted by atomic mass is 10.0. The van der Waals surface area contributed by atoms with E-state index in [1.165, 1.54) is 5.56 Å². The highest BCUT2D eigenvalue weighted by atomic mass is 16.5. The molecule has 19 heavy (non-hydrogen) atoms. The van der Waals surface area contributed by atoms with Crippen LogP contribution in [-0.2, 0) is 6.42 Å². The summed E-state index contributed by atoms with van der Waals surface area (Å²) in [6.07, 6.45) is 0.659. The predicted molar refractivity (Wildman–Crippen MR) is 77.9 cm³/mol. The molecule has 0 amide bonds. The Morgan fingerprint density at radius 3 is 3.00 bits per heavy atom. The number of hydrogen-bond donors (Lipinski definition) is 3. The van der Waals surface area contributed by atoms with Crippen LogP contribution in [0.5, 0.6) is 5.75 Å². The molecule has 4 nitrogen and oxygen atoms in total. The molecule has 1 heterocycles. The first-order valence-corrected chi connectivity index (χ1v) is 6.91. The summed E-state index contributed by atoms with van der Waals surface area (Å²) in [4.78, 5) is 0. The molecule has 106 valence electrons. The zero-order valence-corrected chi connectivity index (χ0v) is 12.0. The van der Waals surface area contributed by atoms with Crippen molar-refractivity contribution < 1.29 is 9.84 Å². The highest BCUT2D eigenvalue weighted by Gasteiger charge is 2.25. The Kier molecular flexibility index (Phi) is 4.32. The molecule has 2 rings (SSSR count). The van der Waals surface area contributed by atoms with Crippen molar-refractivity contribution in [2.75, 3.05) is 25.0 Å². The van der Waals surface area contributed by atoms with Crippen LogP contribution in [0.4, 0.5) is 5.69 Å². The molecule has 0 saturated carbocycles. The normalized spacial score (nSPS) is 18.1. The van der Waals surface area contributed by atoms with Crippen LogP contribution >= 0.6 is 0 Å². The molecular weight excluding hydrogens is 240 g/mol. The Morgan fingerprint density at radius 2 is 2.26 bits per heavy atom. The third kappa shape index (κ3) is 4.11. The van der Waals surface area contributed by atoms with E-state index in [0.29, 0.717) is 6.54 Å². The van der Waals surface area contributed by atoms with Crippen LogP contribution in [0, 0.1) is 0 Å². The lowest BCUT2D eigenvalue weighted by Gasteiger charge is -2.33. The fourth-order valence-corrected chi connectivity index (χ4v) is 2.15. The summed E-state index contributed by atoms with van der Waals surface area (Å²) in [6, 6.07) is 6.29. The van der Waals surface area contributed by atoms with Gasteiger partial charge in [-0.15, -0.1) is 0 Å². The number of nitrogens with one attached hydrogen (secondary N) is 2. The monoisotopic (exact) mass is 264 g/mol. The number of hydrogen-bond acceptors (Lipinski definition) is 4. The maximum absolute atomic E-state index is 9.17. The van der Waals surface area contributed by atoms with E-state index >= 15 is 0 Å². The smallest absolute Gasteiger partial charge is 0.143 e. The Balaban J connectivity index is 1.91. The van der Waals surface area contributed by atoms with Gasteiger partial charge in [-0.05, 0) is 51.4 Å². The van der Waals surface area contributed by atoms with Crippen LogP contribution in [-0.4, -0.2) is 36.4 Å². The minimum absolute atomic E-state index is 0.145. The van der Waals surface area contributed by atoms with Crippen molar-refractivity contribution >= 4 is 5.69 Å². The summed E-state index contributed by atoms with van der Waals surface area (Å²) >= 11 is 0. The minimum atomic E-state index is -0.291. The standard InChI is InChI=1S/C15H24N2O2/c1-11(18)9-16-7-6-12-4-5-14-13(8-12)17-10-15(2,3)19-14/h4-5,8,11,16-18H,6-7,9-10H2,1-3H3. The molecular formula is C15H24N2O2. The van der Waals surface area contributed by atoms with Gasteiger partial charge in [0.2, 0.25) is 0 Å². The van der Waals surface area contributed by atoms with Gasteiger partial charge in [0.1, 0.15) is 11.4 Å². The van der Waals surface area contributed by atoms with Crippen LogP contribution in [0.15, 0.2) is 18.2 Å². The Labute approximate surface area is 115 Å². The molecule has 0 fully saturated rings. The number of ether oxygens (including phenoxy) is 1. The topological polar surface area (TPSA) is 53.5 Å². The van der Waals surface area contributed by atoms with Gasteiger partial charge >= 0.3 is 0 Å². The Morgan fingerprint density at radius 1 is 1.47 bits per heavy atom. The molecule has 0 aliphatic carbocycles. The van der Waals surface area contributed by atoms with Crippen molar-refractivity contribution in [3.63, 3.8) is 0 Å². The lowest BCUT2D eigenvalue weighted by molar-refractivity contribution is 0.116. The third-order valence-corrected chi connectivity index (χ3v) is 3.16. The second-order valence-electron chi connectivity index (χ2n) is 5.85. The second-order valence-corrected chi connectivity index (χ2v) is 5.85. The van der Waals surface area contributed by atoms with Crippen LogP contribution in [0.2, 0.25) is 0 Å². The number of benzene rings is 1. The van der Waals surface area contributed by atoms with Crippen molar-refractivity contribution in [1.82, 2.24) is 5.32 Å². The molecule has 0 radical (unpaired) electrons. The van der Waals surface area contributed by atoms with E-state index in [9.17, 15) is 0 Å². The SMILES string of the molecule is CC(O)CNCCc1ccc2c(c1)NCC(C)(C)O2. The zero-order valence-electron chi connectivity index (χ0n) is 12.0. The molecule has 0 saturated heterocycles. The van der Waals surface area contributed by atoms with Gasteiger partial charge in [-0.3, -0.25) is 0 Å². The van der Waals surface area contributed by atoms with Gasteiger partial charge in [0.15, 0.2) is 0 Å². The van der Waals surface area contributed by atoms with Crippen molar-refractivity contribution in [1.29, 1.82) is 0 Å². The van der Waals surface area contributed by atoms with Crippen LogP contribution < -0.4 is 15.4 Å². The first-order chi connectivity index (χ1) is 8.96. The zero-order chi connectivity index (χ0) is 13.9. The van der Waals surface area contributed by atoms with E-state index in [1.807, 2.05) is 6.07 Å². The highest BCUT2D eigenvalue weighted by Crippen LogP contribution is 2.33. The molecule has 1 aliphatic heterocycles. The second kappa shape index (κ2) is 5.80. The fraction of sp³-hybridized carbons (Fsp3) is 0.600. The summed E-state index contributed by atoms with van der Waals surface area (Å²) in [5.41, 5.74) is 2.20. The maximum Gasteiger partial charge on any atom is 0.143 e. The van der Waals surface area contributed by atoms with E-state index in [2.05, 4.69) is 36.6 Å². The third-order valence-electron chi connectivity index (χ3n) is 3.16. The molecule has 1 atom stereocenters. The summed E-state index contributed by atoms with van der Waals surface area (Å²) < 4.78 is 5.92. The summed E-state index contributed by atoms with van der Waals surface area (Å²) in [5.74, 6) is 0.928. The number of rotatable bonds is 5. The van der Waals surface area contributed by atoms with Gasteiger partial charge in [-0.1, -0.05) is 6.07 Å². The van der Waals surface area contributed by atoms with Gasteiger partial charge in [0, 0.05) is 6.54 Å². The Bertz CT molecular complexity index is 430.